The largest absolute Gasteiger partial charge is 0.325 e. The van der Waals surface area contributed by atoms with Gasteiger partial charge in [-0.05, 0) is 36.0 Å². The van der Waals surface area contributed by atoms with Crippen LogP contribution in [0.3, 0.4) is 0 Å². The Morgan fingerprint density at radius 3 is 2.59 bits per heavy atom. The predicted molar refractivity (Wildman–Crippen MR) is 97.2 cm³/mol. The monoisotopic (exact) mass is 355 g/mol. The van der Waals surface area contributed by atoms with Gasteiger partial charge in [0, 0.05) is 11.6 Å². The highest BCUT2D eigenvalue weighted by Crippen LogP contribution is 2.63. The number of para-hydroxylation sites is 1. The van der Waals surface area contributed by atoms with Crippen LogP contribution in [0.15, 0.2) is 35.9 Å². The molecule has 1 unspecified atom stereocenters. The number of benzene rings is 1. The van der Waals surface area contributed by atoms with E-state index in [2.05, 4.69) is 18.3 Å². The molecule has 1 aliphatic heterocycles. The molecule has 132 valence electrons. The maximum atomic E-state index is 13.4. The van der Waals surface area contributed by atoms with Crippen LogP contribution in [-0.2, 0) is 10.2 Å². The summed E-state index contributed by atoms with van der Waals surface area (Å²) in [7, 11) is 0. The lowest BCUT2D eigenvalue weighted by atomic mass is 9.44. The number of anilines is 1. The SMILES string of the molecule is C[C@@H]1CC=C2C(C#N)C(=N)C(C#N)(C#N)[C@@]3(C(=O)Nc4ccccc43)[C@@H]2C1. The third-order valence-electron chi connectivity index (χ3n) is 6.36. The summed E-state index contributed by atoms with van der Waals surface area (Å²) in [6.45, 7) is 2.06. The molecule has 0 saturated heterocycles. The summed E-state index contributed by atoms with van der Waals surface area (Å²) in [6.07, 6.45) is 3.28. The van der Waals surface area contributed by atoms with Crippen LogP contribution in [0.2, 0.25) is 0 Å². The standard InChI is InChI=1S/C21H17N5O/c1-12-6-7-13-14(9-22)18(25)20(10-23,11-24)21(16(13)8-12)15-4-2-3-5-17(15)26-19(21)27/h2-5,7,12,14,16,25H,6,8H2,1H3,(H,26,27)/t12-,14?,16-,21-/m1/s1. The number of rotatable bonds is 0. The zero-order valence-corrected chi connectivity index (χ0v) is 14.8. The molecule has 0 bridgehead atoms. The molecule has 1 amide bonds. The summed E-state index contributed by atoms with van der Waals surface area (Å²) in [5.74, 6) is -1.60. The topological polar surface area (TPSA) is 124 Å². The number of carbonyl (C=O) groups is 1. The second-order valence-electron chi connectivity index (χ2n) is 7.59. The van der Waals surface area contributed by atoms with Crippen LogP contribution < -0.4 is 5.32 Å². The summed E-state index contributed by atoms with van der Waals surface area (Å²) in [5.41, 5.74) is -1.99. The highest BCUT2D eigenvalue weighted by Gasteiger charge is 2.72. The Labute approximate surface area is 157 Å². The number of allylic oxidation sites excluding steroid dienone is 2. The van der Waals surface area contributed by atoms with Gasteiger partial charge < -0.3 is 10.7 Å². The van der Waals surface area contributed by atoms with E-state index in [1.165, 1.54) is 0 Å². The van der Waals surface area contributed by atoms with E-state index >= 15 is 0 Å². The van der Waals surface area contributed by atoms with E-state index in [-0.39, 0.29) is 11.6 Å². The lowest BCUT2D eigenvalue weighted by Crippen LogP contribution is -2.64. The Morgan fingerprint density at radius 2 is 1.93 bits per heavy atom. The van der Waals surface area contributed by atoms with Gasteiger partial charge in [0.05, 0.1) is 23.9 Å². The van der Waals surface area contributed by atoms with Gasteiger partial charge in [-0.3, -0.25) is 4.79 Å². The molecule has 1 saturated carbocycles. The van der Waals surface area contributed by atoms with E-state index in [1.807, 2.05) is 18.2 Å². The van der Waals surface area contributed by atoms with Gasteiger partial charge in [-0.25, -0.2) is 0 Å². The first-order valence-corrected chi connectivity index (χ1v) is 8.89. The Kier molecular flexibility index (Phi) is 3.48. The molecule has 1 fully saturated rings. The van der Waals surface area contributed by atoms with Crippen LogP contribution in [0.4, 0.5) is 5.69 Å². The van der Waals surface area contributed by atoms with Gasteiger partial charge in [-0.15, -0.1) is 0 Å². The minimum absolute atomic E-state index is 0.248. The van der Waals surface area contributed by atoms with Crippen molar-refractivity contribution in [2.24, 2.45) is 23.2 Å². The molecular formula is C21H17N5O. The number of nitrogens with one attached hydrogen (secondary N) is 2. The maximum Gasteiger partial charge on any atom is 0.238 e. The lowest BCUT2D eigenvalue weighted by Gasteiger charge is -2.52. The van der Waals surface area contributed by atoms with E-state index in [0.717, 1.165) is 6.42 Å². The second-order valence-corrected chi connectivity index (χ2v) is 7.59. The number of fused-ring (bicyclic) bond motifs is 4. The zero-order chi connectivity index (χ0) is 19.4. The van der Waals surface area contributed by atoms with Gasteiger partial charge in [0.15, 0.2) is 0 Å². The number of hydrogen-bond acceptors (Lipinski definition) is 5. The van der Waals surface area contributed by atoms with Crippen molar-refractivity contribution >= 4 is 17.3 Å². The second kappa shape index (κ2) is 5.53. The molecule has 2 aliphatic carbocycles. The Balaban J connectivity index is 2.14. The average molecular weight is 355 g/mol. The van der Waals surface area contributed by atoms with Gasteiger partial charge in [-0.1, -0.05) is 31.2 Å². The van der Waals surface area contributed by atoms with Crippen LogP contribution in [0.1, 0.15) is 25.3 Å². The van der Waals surface area contributed by atoms with Crippen molar-refractivity contribution in [2.45, 2.75) is 25.2 Å². The fourth-order valence-corrected chi connectivity index (χ4v) is 5.18. The van der Waals surface area contributed by atoms with Gasteiger partial charge in [0.25, 0.3) is 0 Å². The first-order valence-electron chi connectivity index (χ1n) is 8.89. The summed E-state index contributed by atoms with van der Waals surface area (Å²) in [4.78, 5) is 13.4. The van der Waals surface area contributed by atoms with Crippen LogP contribution in [0, 0.1) is 62.6 Å². The van der Waals surface area contributed by atoms with Crippen molar-refractivity contribution in [3.8, 4) is 18.2 Å². The number of nitrogens with zero attached hydrogens (tertiary/aromatic N) is 3. The quantitative estimate of drug-likeness (QED) is 0.694. The van der Waals surface area contributed by atoms with Gasteiger partial charge in [-0.2, -0.15) is 15.8 Å². The number of hydrogen-bond donors (Lipinski definition) is 2. The first kappa shape index (κ1) is 17.0. The highest BCUT2D eigenvalue weighted by molar-refractivity contribution is 6.16. The molecule has 1 aromatic carbocycles. The van der Waals surface area contributed by atoms with Crippen LogP contribution >= 0.6 is 0 Å². The Hall–Kier alpha value is -3.43. The van der Waals surface area contributed by atoms with Gasteiger partial charge >= 0.3 is 0 Å². The van der Waals surface area contributed by atoms with E-state index in [1.54, 1.807) is 24.3 Å². The number of nitriles is 3. The van der Waals surface area contributed by atoms with Gasteiger partial charge in [0.2, 0.25) is 11.3 Å². The van der Waals surface area contributed by atoms with Crippen molar-refractivity contribution in [3.05, 3.63) is 41.5 Å². The molecule has 1 aromatic rings. The summed E-state index contributed by atoms with van der Waals surface area (Å²) in [5, 5.41) is 41.5. The molecule has 4 atom stereocenters. The fraction of sp³-hybridized carbons (Fsp3) is 0.381. The van der Waals surface area contributed by atoms with Crippen molar-refractivity contribution < 1.29 is 4.79 Å². The normalized spacial score (nSPS) is 33.0. The molecule has 3 aliphatic rings. The van der Waals surface area contributed by atoms with Crippen LogP contribution in [0.5, 0.6) is 0 Å². The van der Waals surface area contributed by atoms with E-state index < -0.39 is 28.6 Å². The summed E-state index contributed by atoms with van der Waals surface area (Å²) in [6, 6.07) is 13.2. The molecule has 27 heavy (non-hydrogen) atoms. The molecule has 6 nitrogen and oxygen atoms in total. The van der Waals surface area contributed by atoms with Crippen molar-refractivity contribution in [1.29, 1.82) is 21.2 Å². The van der Waals surface area contributed by atoms with Gasteiger partial charge in [0.1, 0.15) is 11.3 Å². The highest BCUT2D eigenvalue weighted by atomic mass is 16.2. The predicted octanol–water partition coefficient (Wildman–Crippen LogP) is 3.06. The third-order valence-corrected chi connectivity index (χ3v) is 6.36. The molecular weight excluding hydrogens is 338 g/mol. The zero-order valence-electron chi connectivity index (χ0n) is 14.8. The Bertz CT molecular complexity index is 1020. The smallest absolute Gasteiger partial charge is 0.238 e. The third kappa shape index (κ3) is 1.76. The molecule has 1 heterocycles. The van der Waals surface area contributed by atoms with Crippen molar-refractivity contribution in [2.75, 3.05) is 5.32 Å². The van der Waals surface area contributed by atoms with E-state index in [4.69, 9.17) is 5.41 Å². The maximum absolute atomic E-state index is 13.4. The minimum Gasteiger partial charge on any atom is -0.325 e. The van der Waals surface area contributed by atoms with Crippen LogP contribution in [0.25, 0.3) is 0 Å². The van der Waals surface area contributed by atoms with E-state index in [9.17, 15) is 20.6 Å². The minimum atomic E-state index is -2.02. The van der Waals surface area contributed by atoms with Crippen LogP contribution in [-0.4, -0.2) is 11.6 Å². The molecule has 6 heteroatoms. The average Bonchev–Trinajstić information content (AvgIpc) is 2.97. The fourth-order valence-electron chi connectivity index (χ4n) is 5.18. The molecule has 0 radical (unpaired) electrons. The summed E-state index contributed by atoms with van der Waals surface area (Å²) < 4.78 is 0. The lowest BCUT2D eigenvalue weighted by molar-refractivity contribution is -0.124. The Morgan fingerprint density at radius 1 is 1.22 bits per heavy atom. The molecule has 4 rings (SSSR count). The summed E-state index contributed by atoms with van der Waals surface area (Å²) >= 11 is 0. The number of carbonyl (C=O) groups excluding carboxylic acids is 1. The van der Waals surface area contributed by atoms with E-state index in [0.29, 0.717) is 23.2 Å². The molecule has 0 aromatic heterocycles. The van der Waals surface area contributed by atoms with Crippen molar-refractivity contribution in [3.63, 3.8) is 0 Å². The number of amides is 1. The first-order chi connectivity index (χ1) is 13.0. The molecule has 1 spiro atoms. The van der Waals surface area contributed by atoms with Crippen molar-refractivity contribution in [1.82, 2.24) is 0 Å². The molecule has 2 N–H and O–H groups in total.